The van der Waals surface area contributed by atoms with Gasteiger partial charge in [-0.25, -0.2) is 8.78 Å². The van der Waals surface area contributed by atoms with E-state index in [9.17, 15) is 13.6 Å². The Hall–Kier alpha value is -0.770. The van der Waals surface area contributed by atoms with Crippen molar-refractivity contribution in [1.29, 1.82) is 0 Å². The summed E-state index contributed by atoms with van der Waals surface area (Å²) >= 11 is 2.95. The van der Waals surface area contributed by atoms with Gasteiger partial charge in [-0.2, -0.15) is 0 Å². The first-order valence-electron chi connectivity index (χ1n) is 3.61. The molecule has 13 heavy (non-hydrogen) atoms. The van der Waals surface area contributed by atoms with Crippen LogP contribution in [0.15, 0.2) is 12.1 Å². The van der Waals surface area contributed by atoms with Gasteiger partial charge in [0.25, 0.3) is 0 Å². The van der Waals surface area contributed by atoms with Crippen molar-refractivity contribution in [3.63, 3.8) is 0 Å². The molecule has 0 N–H and O–H groups in total. The van der Waals surface area contributed by atoms with Gasteiger partial charge in [0.2, 0.25) is 0 Å². The summed E-state index contributed by atoms with van der Waals surface area (Å²) in [6, 6.07) is 2.24. The average molecular weight is 249 g/mol. The van der Waals surface area contributed by atoms with Gasteiger partial charge in [-0.15, -0.1) is 0 Å². The van der Waals surface area contributed by atoms with E-state index in [2.05, 4.69) is 15.9 Å². The van der Waals surface area contributed by atoms with E-state index in [-0.39, 0.29) is 22.2 Å². The molecule has 4 heteroatoms. The van der Waals surface area contributed by atoms with E-state index in [0.717, 1.165) is 6.07 Å². The topological polar surface area (TPSA) is 17.1 Å². The molecule has 0 aromatic heterocycles. The predicted molar refractivity (Wildman–Crippen MR) is 49.2 cm³/mol. The largest absolute Gasteiger partial charge is 0.293 e. The molecule has 0 bridgehead atoms. The average Bonchev–Trinajstić information content (AvgIpc) is 2.12. The van der Waals surface area contributed by atoms with Gasteiger partial charge in [0.15, 0.2) is 17.4 Å². The van der Waals surface area contributed by atoms with E-state index in [4.69, 9.17) is 0 Å². The summed E-state index contributed by atoms with van der Waals surface area (Å²) in [6.07, 6.45) is 0. The fraction of sp³-hybridized carbons (Fsp3) is 0.222. The zero-order chi connectivity index (χ0) is 10.0. The highest BCUT2D eigenvalue weighted by molar-refractivity contribution is 9.09. The quantitative estimate of drug-likeness (QED) is 0.581. The second kappa shape index (κ2) is 3.96. The third-order valence-electron chi connectivity index (χ3n) is 1.65. The Balaban J connectivity index is 3.20. The van der Waals surface area contributed by atoms with Crippen LogP contribution < -0.4 is 0 Å². The molecule has 0 heterocycles. The first-order valence-corrected chi connectivity index (χ1v) is 4.73. The minimum Gasteiger partial charge on any atom is -0.293 e. The Morgan fingerprint density at radius 1 is 1.46 bits per heavy atom. The molecule has 1 aromatic rings. The number of aryl methyl sites for hydroxylation is 1. The van der Waals surface area contributed by atoms with Crippen molar-refractivity contribution in [2.75, 3.05) is 5.33 Å². The third-order valence-corrected chi connectivity index (χ3v) is 2.16. The van der Waals surface area contributed by atoms with E-state index in [1.807, 2.05) is 0 Å². The Morgan fingerprint density at radius 3 is 2.54 bits per heavy atom. The molecule has 0 radical (unpaired) electrons. The monoisotopic (exact) mass is 248 g/mol. The van der Waals surface area contributed by atoms with E-state index < -0.39 is 11.6 Å². The summed E-state index contributed by atoms with van der Waals surface area (Å²) in [7, 11) is 0. The molecule has 1 aromatic carbocycles. The molecule has 0 aliphatic heterocycles. The number of Topliss-reactive ketones (excluding diaryl/α,β-unsaturated/α-hetero) is 1. The zero-order valence-electron chi connectivity index (χ0n) is 6.90. The second-order valence-electron chi connectivity index (χ2n) is 2.65. The molecule has 0 saturated heterocycles. The Labute approximate surface area is 82.9 Å². The predicted octanol–water partition coefficient (Wildman–Crippen LogP) is 2.85. The number of carbonyl (C=O) groups excluding carboxylic acids is 1. The van der Waals surface area contributed by atoms with Gasteiger partial charge < -0.3 is 0 Å². The Kier molecular flexibility index (Phi) is 3.14. The first-order chi connectivity index (χ1) is 6.06. The van der Waals surface area contributed by atoms with Crippen LogP contribution in [0.4, 0.5) is 8.78 Å². The molecule has 1 nitrogen and oxygen atoms in total. The fourth-order valence-corrected chi connectivity index (χ4v) is 1.29. The van der Waals surface area contributed by atoms with Gasteiger partial charge in [-0.1, -0.05) is 15.9 Å². The van der Waals surface area contributed by atoms with Crippen LogP contribution in [0.2, 0.25) is 0 Å². The maximum absolute atomic E-state index is 12.8. The number of halogens is 3. The standard InChI is InChI=1S/C9H7BrF2O/c1-5-2-6(8(13)4-10)3-7(11)9(5)12/h2-3H,4H2,1H3. The minimum absolute atomic E-state index is 0.109. The van der Waals surface area contributed by atoms with Crippen LogP contribution in [-0.2, 0) is 0 Å². The molecule has 0 amide bonds. The lowest BCUT2D eigenvalue weighted by Crippen LogP contribution is -2.03. The highest BCUT2D eigenvalue weighted by Gasteiger charge is 2.11. The number of rotatable bonds is 2. The zero-order valence-corrected chi connectivity index (χ0v) is 8.49. The molecule has 0 aliphatic rings. The van der Waals surface area contributed by atoms with Crippen LogP contribution in [0.3, 0.4) is 0 Å². The summed E-state index contributed by atoms with van der Waals surface area (Å²) in [5, 5.41) is 0.109. The van der Waals surface area contributed by atoms with Crippen LogP contribution in [0, 0.1) is 18.6 Å². The molecule has 0 aliphatic carbocycles. The van der Waals surface area contributed by atoms with Gasteiger partial charge in [0.1, 0.15) is 0 Å². The van der Waals surface area contributed by atoms with Gasteiger partial charge in [-0.05, 0) is 24.6 Å². The Bertz CT molecular complexity index is 326. The number of ketones is 1. The van der Waals surface area contributed by atoms with Crippen molar-refractivity contribution >= 4 is 21.7 Å². The van der Waals surface area contributed by atoms with Crippen molar-refractivity contribution in [2.45, 2.75) is 6.92 Å². The van der Waals surface area contributed by atoms with Crippen molar-refractivity contribution < 1.29 is 13.6 Å². The molecule has 0 fully saturated rings. The van der Waals surface area contributed by atoms with Crippen LogP contribution in [0.5, 0.6) is 0 Å². The van der Waals surface area contributed by atoms with Crippen LogP contribution in [-0.4, -0.2) is 11.1 Å². The fourth-order valence-electron chi connectivity index (χ4n) is 0.965. The molecule has 1 rings (SSSR count). The first kappa shape index (κ1) is 10.3. The number of carbonyl (C=O) groups is 1. The third kappa shape index (κ3) is 2.12. The number of hydrogen-bond donors (Lipinski definition) is 0. The SMILES string of the molecule is Cc1cc(C(=O)CBr)cc(F)c1F. The summed E-state index contributed by atoms with van der Waals surface area (Å²) in [5.74, 6) is -2.14. The lowest BCUT2D eigenvalue weighted by atomic mass is 10.1. The highest BCUT2D eigenvalue weighted by Crippen LogP contribution is 2.14. The van der Waals surface area contributed by atoms with Gasteiger partial charge in [0.05, 0.1) is 5.33 Å². The second-order valence-corrected chi connectivity index (χ2v) is 3.21. The molecule has 0 unspecified atom stereocenters. The highest BCUT2D eigenvalue weighted by atomic mass is 79.9. The van der Waals surface area contributed by atoms with Crippen LogP contribution in [0.25, 0.3) is 0 Å². The van der Waals surface area contributed by atoms with Crippen molar-refractivity contribution in [1.82, 2.24) is 0 Å². The van der Waals surface area contributed by atoms with E-state index in [1.165, 1.54) is 13.0 Å². The molecule has 0 saturated carbocycles. The maximum atomic E-state index is 12.8. The number of benzene rings is 1. The summed E-state index contributed by atoms with van der Waals surface area (Å²) < 4.78 is 25.6. The molecule has 70 valence electrons. The molecule has 0 spiro atoms. The maximum Gasteiger partial charge on any atom is 0.173 e. The minimum atomic E-state index is -0.982. The lowest BCUT2D eigenvalue weighted by molar-refractivity contribution is 0.102. The van der Waals surface area contributed by atoms with Crippen molar-refractivity contribution in [3.8, 4) is 0 Å². The van der Waals surface area contributed by atoms with Gasteiger partial charge in [0, 0.05) is 5.56 Å². The van der Waals surface area contributed by atoms with E-state index >= 15 is 0 Å². The summed E-state index contributed by atoms with van der Waals surface area (Å²) in [5.41, 5.74) is 0.331. The smallest absolute Gasteiger partial charge is 0.173 e. The van der Waals surface area contributed by atoms with Gasteiger partial charge in [-0.3, -0.25) is 4.79 Å². The lowest BCUT2D eigenvalue weighted by Gasteiger charge is -2.01. The van der Waals surface area contributed by atoms with Crippen molar-refractivity contribution in [3.05, 3.63) is 34.9 Å². The molecule has 0 atom stereocenters. The number of hydrogen-bond acceptors (Lipinski definition) is 1. The van der Waals surface area contributed by atoms with E-state index in [1.54, 1.807) is 0 Å². The van der Waals surface area contributed by atoms with Crippen molar-refractivity contribution in [2.24, 2.45) is 0 Å². The summed E-state index contributed by atoms with van der Waals surface area (Å²) in [6.45, 7) is 1.42. The molecular weight excluding hydrogens is 242 g/mol. The van der Waals surface area contributed by atoms with E-state index in [0.29, 0.717) is 0 Å². The van der Waals surface area contributed by atoms with Gasteiger partial charge >= 0.3 is 0 Å². The normalized spacial score (nSPS) is 10.2. The van der Waals surface area contributed by atoms with Crippen LogP contribution in [0.1, 0.15) is 15.9 Å². The van der Waals surface area contributed by atoms with Crippen LogP contribution >= 0.6 is 15.9 Å². The summed E-state index contributed by atoms with van der Waals surface area (Å²) in [4.78, 5) is 11.1. The molecular formula is C9H7BrF2O. The Morgan fingerprint density at radius 2 is 2.08 bits per heavy atom. The number of alkyl halides is 1.